The lowest BCUT2D eigenvalue weighted by Crippen LogP contribution is -2.42. The first-order valence-electron chi connectivity index (χ1n) is 8.91. The van der Waals surface area contributed by atoms with E-state index in [1.54, 1.807) is 18.2 Å². The van der Waals surface area contributed by atoms with Crippen LogP contribution in [0.3, 0.4) is 0 Å². The third-order valence-corrected chi connectivity index (χ3v) is 4.39. The summed E-state index contributed by atoms with van der Waals surface area (Å²) in [6.45, 7) is 2.35. The van der Waals surface area contributed by atoms with Gasteiger partial charge < -0.3 is 23.9 Å². The molecule has 7 heteroatoms. The number of benzene rings is 2. The lowest BCUT2D eigenvalue weighted by Gasteiger charge is -2.26. The molecule has 0 radical (unpaired) electrons. The molecular weight excluding hydrogens is 362 g/mol. The van der Waals surface area contributed by atoms with Gasteiger partial charge in [-0.2, -0.15) is 0 Å². The topological polar surface area (TPSA) is 87.0 Å². The van der Waals surface area contributed by atoms with Crippen molar-refractivity contribution in [2.75, 3.05) is 19.8 Å². The number of amides is 1. The summed E-state index contributed by atoms with van der Waals surface area (Å²) in [6, 6.07) is 14.0. The number of nitrogens with one attached hydrogen (secondary N) is 1. The maximum Gasteiger partial charge on any atom is 0.336 e. The first kappa shape index (κ1) is 17.9. The molecule has 2 heterocycles. The first-order chi connectivity index (χ1) is 13.6. The highest BCUT2D eigenvalue weighted by molar-refractivity contribution is 5.81. The summed E-state index contributed by atoms with van der Waals surface area (Å²) in [4.78, 5) is 23.6. The quantitative estimate of drug-likeness (QED) is 0.683. The van der Waals surface area contributed by atoms with Crippen LogP contribution in [0.2, 0.25) is 0 Å². The molecule has 0 bridgehead atoms. The maximum absolute atomic E-state index is 12.1. The average Bonchev–Trinajstić information content (AvgIpc) is 2.70. The van der Waals surface area contributed by atoms with Crippen molar-refractivity contribution in [3.05, 3.63) is 64.5 Å². The second-order valence-corrected chi connectivity index (χ2v) is 6.50. The zero-order valence-corrected chi connectivity index (χ0v) is 15.3. The minimum atomic E-state index is -0.420. The van der Waals surface area contributed by atoms with E-state index in [0.717, 1.165) is 10.9 Å². The smallest absolute Gasteiger partial charge is 0.336 e. The fourth-order valence-corrected chi connectivity index (χ4v) is 2.99. The average molecular weight is 381 g/mol. The van der Waals surface area contributed by atoms with E-state index in [1.807, 2.05) is 31.2 Å². The van der Waals surface area contributed by atoms with E-state index in [9.17, 15) is 9.59 Å². The van der Waals surface area contributed by atoms with Crippen LogP contribution in [-0.4, -0.2) is 31.8 Å². The molecule has 3 aromatic rings. The molecule has 144 valence electrons. The Balaban J connectivity index is 1.30. The lowest BCUT2D eigenvalue weighted by molar-refractivity contribution is -0.123. The van der Waals surface area contributed by atoms with Gasteiger partial charge in [-0.3, -0.25) is 4.79 Å². The molecule has 0 spiro atoms. The molecule has 1 aromatic heterocycles. The zero-order valence-electron chi connectivity index (χ0n) is 15.3. The Morgan fingerprint density at radius 1 is 1.18 bits per heavy atom. The van der Waals surface area contributed by atoms with Crippen molar-refractivity contribution in [1.29, 1.82) is 0 Å². The number of ether oxygens (including phenoxy) is 3. The van der Waals surface area contributed by atoms with Crippen molar-refractivity contribution in [3.8, 4) is 17.2 Å². The summed E-state index contributed by atoms with van der Waals surface area (Å²) in [6.07, 6.45) is -0.267. The molecule has 1 N–H and O–H groups in total. The van der Waals surface area contributed by atoms with Gasteiger partial charge in [-0.15, -0.1) is 0 Å². The predicted octanol–water partition coefficient (Wildman–Crippen LogP) is 2.44. The van der Waals surface area contributed by atoms with Gasteiger partial charge in [0.05, 0.1) is 6.54 Å². The van der Waals surface area contributed by atoms with Crippen LogP contribution in [0.5, 0.6) is 17.2 Å². The van der Waals surface area contributed by atoms with Crippen molar-refractivity contribution in [2.24, 2.45) is 0 Å². The van der Waals surface area contributed by atoms with Gasteiger partial charge in [0.25, 0.3) is 5.91 Å². The maximum atomic E-state index is 12.1. The number of carbonyl (C=O) groups excluding carboxylic acids is 1. The molecule has 1 atom stereocenters. The van der Waals surface area contributed by atoms with Crippen LogP contribution in [0.15, 0.2) is 57.7 Å². The van der Waals surface area contributed by atoms with E-state index in [4.69, 9.17) is 18.6 Å². The van der Waals surface area contributed by atoms with Crippen LogP contribution in [0.25, 0.3) is 11.0 Å². The van der Waals surface area contributed by atoms with Gasteiger partial charge in [0.15, 0.2) is 18.1 Å². The Labute approximate surface area is 160 Å². The summed E-state index contributed by atoms with van der Waals surface area (Å²) in [5.74, 6) is 1.53. The molecular formula is C21H19NO6. The largest absolute Gasteiger partial charge is 0.486 e. The van der Waals surface area contributed by atoms with Crippen LogP contribution in [0.4, 0.5) is 0 Å². The monoisotopic (exact) mass is 381 g/mol. The minimum absolute atomic E-state index is 0.161. The third-order valence-electron chi connectivity index (χ3n) is 4.39. The summed E-state index contributed by atoms with van der Waals surface area (Å²) in [5.41, 5.74) is 0.831. The lowest BCUT2D eigenvalue weighted by atomic mass is 10.1. The molecule has 2 aromatic carbocycles. The molecule has 1 aliphatic heterocycles. The summed E-state index contributed by atoms with van der Waals surface area (Å²) < 4.78 is 22.1. The van der Waals surface area contributed by atoms with Crippen LogP contribution in [0.1, 0.15) is 5.56 Å². The second-order valence-electron chi connectivity index (χ2n) is 6.50. The van der Waals surface area contributed by atoms with Gasteiger partial charge in [0.2, 0.25) is 0 Å². The molecule has 0 fully saturated rings. The molecule has 7 nitrogen and oxygen atoms in total. The number of aryl methyl sites for hydroxylation is 1. The Morgan fingerprint density at radius 2 is 2.00 bits per heavy atom. The van der Waals surface area contributed by atoms with Crippen molar-refractivity contribution >= 4 is 16.9 Å². The van der Waals surface area contributed by atoms with Gasteiger partial charge >= 0.3 is 5.63 Å². The number of fused-ring (bicyclic) bond motifs is 2. The second kappa shape index (κ2) is 7.64. The van der Waals surface area contributed by atoms with E-state index in [1.165, 1.54) is 6.07 Å². The van der Waals surface area contributed by atoms with Gasteiger partial charge in [-0.05, 0) is 36.8 Å². The van der Waals surface area contributed by atoms with Crippen LogP contribution in [-0.2, 0) is 4.79 Å². The van der Waals surface area contributed by atoms with Gasteiger partial charge in [0.1, 0.15) is 24.0 Å². The van der Waals surface area contributed by atoms with Crippen LogP contribution >= 0.6 is 0 Å². The zero-order chi connectivity index (χ0) is 19.5. The SMILES string of the molecule is Cc1cc(=O)oc2cc(OCC(=O)NC[C@@H]3COc4ccccc4O3)ccc12. The number of hydrogen-bond donors (Lipinski definition) is 1. The Kier molecular flexibility index (Phi) is 4.89. The standard InChI is InChI=1S/C21H19NO6/c1-13-8-21(24)28-19-9-14(6-7-16(13)19)25-12-20(23)22-10-15-11-26-17-4-2-3-5-18(17)27-15/h2-9,15H,10-12H2,1H3,(H,22,23)/t15-/m1/s1. The first-order valence-corrected chi connectivity index (χ1v) is 8.91. The molecule has 4 rings (SSSR count). The number of hydrogen-bond acceptors (Lipinski definition) is 6. The van der Waals surface area contributed by atoms with Gasteiger partial charge in [-0.1, -0.05) is 12.1 Å². The van der Waals surface area contributed by atoms with E-state index >= 15 is 0 Å². The fourth-order valence-electron chi connectivity index (χ4n) is 2.99. The molecule has 1 aliphatic rings. The van der Waals surface area contributed by atoms with E-state index in [2.05, 4.69) is 5.32 Å². The Bertz CT molecular complexity index is 1070. The highest BCUT2D eigenvalue weighted by Gasteiger charge is 2.21. The van der Waals surface area contributed by atoms with Crippen molar-refractivity contribution in [1.82, 2.24) is 5.32 Å². The number of rotatable bonds is 5. The van der Waals surface area contributed by atoms with E-state index < -0.39 is 5.63 Å². The molecule has 0 aliphatic carbocycles. The minimum Gasteiger partial charge on any atom is -0.486 e. The molecule has 1 amide bonds. The third kappa shape index (κ3) is 3.93. The molecule has 0 saturated carbocycles. The van der Waals surface area contributed by atoms with Gasteiger partial charge in [-0.25, -0.2) is 4.79 Å². The highest BCUT2D eigenvalue weighted by atomic mass is 16.6. The summed E-state index contributed by atoms with van der Waals surface area (Å²) in [5, 5.41) is 3.59. The van der Waals surface area contributed by atoms with Crippen LogP contribution in [0, 0.1) is 6.92 Å². The molecule has 28 heavy (non-hydrogen) atoms. The summed E-state index contributed by atoms with van der Waals surface area (Å²) >= 11 is 0. The van der Waals surface area contributed by atoms with Crippen LogP contribution < -0.4 is 25.2 Å². The Morgan fingerprint density at radius 3 is 2.86 bits per heavy atom. The number of carbonyl (C=O) groups is 1. The highest BCUT2D eigenvalue weighted by Crippen LogP contribution is 2.30. The normalized spacial score (nSPS) is 15.2. The van der Waals surface area contributed by atoms with E-state index in [-0.39, 0.29) is 18.6 Å². The summed E-state index contributed by atoms with van der Waals surface area (Å²) in [7, 11) is 0. The number of para-hydroxylation sites is 2. The van der Waals surface area contributed by atoms with Crippen molar-refractivity contribution < 1.29 is 23.4 Å². The van der Waals surface area contributed by atoms with Gasteiger partial charge in [0, 0.05) is 17.5 Å². The predicted molar refractivity (Wildman–Crippen MR) is 102 cm³/mol. The molecule has 0 unspecified atom stereocenters. The van der Waals surface area contributed by atoms with E-state index in [0.29, 0.717) is 36.0 Å². The fraction of sp³-hybridized carbons (Fsp3) is 0.238. The van der Waals surface area contributed by atoms with Crippen molar-refractivity contribution in [2.45, 2.75) is 13.0 Å². The Hall–Kier alpha value is -3.48. The molecule has 0 saturated heterocycles. The van der Waals surface area contributed by atoms with Crippen molar-refractivity contribution in [3.63, 3.8) is 0 Å².